The molecular formula is C27H34BrN3O4. The minimum atomic E-state index is -0.491. The lowest BCUT2D eigenvalue weighted by Gasteiger charge is -2.08. The summed E-state index contributed by atoms with van der Waals surface area (Å²) < 4.78 is 6.28. The van der Waals surface area contributed by atoms with E-state index in [1.54, 1.807) is 30.3 Å². The van der Waals surface area contributed by atoms with Crippen LogP contribution in [0.15, 0.2) is 52.0 Å². The Kier molecular flexibility index (Phi) is 12.8. The van der Waals surface area contributed by atoms with Gasteiger partial charge in [-0.05, 0) is 43.7 Å². The predicted molar refractivity (Wildman–Crippen MR) is 142 cm³/mol. The first-order chi connectivity index (χ1) is 16.9. The van der Waals surface area contributed by atoms with Crippen LogP contribution in [0, 0.1) is 6.92 Å². The number of rotatable bonds is 14. The van der Waals surface area contributed by atoms with Crippen LogP contribution in [0.25, 0.3) is 0 Å². The normalized spacial score (nSPS) is 10.8. The van der Waals surface area contributed by atoms with Gasteiger partial charge in [0.15, 0.2) is 0 Å². The van der Waals surface area contributed by atoms with E-state index in [2.05, 4.69) is 38.7 Å². The summed E-state index contributed by atoms with van der Waals surface area (Å²) in [5.74, 6) is -0.771. The van der Waals surface area contributed by atoms with Gasteiger partial charge in [-0.15, -0.1) is 0 Å². The van der Waals surface area contributed by atoms with E-state index < -0.39 is 11.9 Å². The topological polar surface area (TPSA) is 96.9 Å². The van der Waals surface area contributed by atoms with Crippen molar-refractivity contribution in [3.8, 4) is 5.75 Å². The Labute approximate surface area is 215 Å². The zero-order valence-corrected chi connectivity index (χ0v) is 22.0. The van der Waals surface area contributed by atoms with Crippen molar-refractivity contribution in [3.05, 3.63) is 63.6 Å². The first-order valence-electron chi connectivity index (χ1n) is 12.1. The van der Waals surface area contributed by atoms with Crippen molar-refractivity contribution in [1.29, 1.82) is 0 Å². The molecule has 0 spiro atoms. The highest BCUT2D eigenvalue weighted by Crippen LogP contribution is 2.23. The summed E-state index contributed by atoms with van der Waals surface area (Å²) >= 11 is 3.38. The minimum Gasteiger partial charge on any atom is -0.422 e. The third-order valence-electron chi connectivity index (χ3n) is 5.31. The van der Waals surface area contributed by atoms with Crippen LogP contribution in [-0.2, 0) is 9.59 Å². The average molecular weight is 544 g/mol. The van der Waals surface area contributed by atoms with Crippen molar-refractivity contribution in [2.45, 2.75) is 65.2 Å². The van der Waals surface area contributed by atoms with Crippen molar-refractivity contribution in [2.75, 3.05) is 6.54 Å². The van der Waals surface area contributed by atoms with Crippen molar-refractivity contribution in [1.82, 2.24) is 10.7 Å². The summed E-state index contributed by atoms with van der Waals surface area (Å²) in [6.45, 7) is 3.98. The molecule has 2 aromatic rings. The lowest BCUT2D eigenvalue weighted by atomic mass is 10.1. The Bertz CT molecular complexity index is 1010. The number of unbranched alkanes of at least 4 members (excludes halogenated alkanes) is 6. The number of halogens is 1. The fourth-order valence-corrected chi connectivity index (χ4v) is 3.66. The molecule has 0 atom stereocenters. The molecule has 7 nitrogen and oxygen atoms in total. The number of carbonyl (C=O) groups is 3. The largest absolute Gasteiger partial charge is 0.422 e. The number of nitrogens with one attached hydrogen (secondary N) is 2. The maximum Gasteiger partial charge on any atom is 0.343 e. The third kappa shape index (κ3) is 11.3. The van der Waals surface area contributed by atoms with E-state index in [0.717, 1.165) is 29.3 Å². The Morgan fingerprint density at radius 3 is 2.34 bits per heavy atom. The van der Waals surface area contributed by atoms with Gasteiger partial charge in [0.1, 0.15) is 5.75 Å². The van der Waals surface area contributed by atoms with Gasteiger partial charge in [0.05, 0.1) is 18.3 Å². The highest BCUT2D eigenvalue weighted by Gasteiger charge is 2.12. The monoisotopic (exact) mass is 543 g/mol. The number of aryl methyl sites for hydroxylation is 1. The van der Waals surface area contributed by atoms with Crippen molar-refractivity contribution < 1.29 is 19.1 Å². The van der Waals surface area contributed by atoms with Crippen LogP contribution in [0.4, 0.5) is 0 Å². The second-order valence-electron chi connectivity index (χ2n) is 8.38. The molecule has 0 fully saturated rings. The van der Waals surface area contributed by atoms with Gasteiger partial charge in [0.2, 0.25) is 5.91 Å². The zero-order chi connectivity index (χ0) is 25.5. The van der Waals surface area contributed by atoms with E-state index in [0.29, 0.717) is 23.3 Å². The molecule has 0 aliphatic rings. The van der Waals surface area contributed by atoms with Gasteiger partial charge < -0.3 is 10.1 Å². The maximum atomic E-state index is 12.5. The molecule has 0 heterocycles. The van der Waals surface area contributed by atoms with Crippen LogP contribution in [0.3, 0.4) is 0 Å². The summed E-state index contributed by atoms with van der Waals surface area (Å²) in [5, 5.41) is 6.55. The van der Waals surface area contributed by atoms with Crippen LogP contribution < -0.4 is 15.5 Å². The number of benzene rings is 2. The lowest BCUT2D eigenvalue weighted by molar-refractivity contribution is -0.126. The number of esters is 1. The number of hydrogen-bond donors (Lipinski definition) is 2. The summed E-state index contributed by atoms with van der Waals surface area (Å²) in [6, 6.07) is 12.2. The predicted octanol–water partition coefficient (Wildman–Crippen LogP) is 5.68. The zero-order valence-electron chi connectivity index (χ0n) is 20.4. The summed E-state index contributed by atoms with van der Waals surface area (Å²) in [7, 11) is 0. The fourth-order valence-electron chi connectivity index (χ4n) is 3.28. The second-order valence-corrected chi connectivity index (χ2v) is 9.29. The minimum absolute atomic E-state index is 0.144. The van der Waals surface area contributed by atoms with Gasteiger partial charge in [-0.25, -0.2) is 10.2 Å². The molecule has 2 amide bonds. The van der Waals surface area contributed by atoms with Crippen molar-refractivity contribution in [2.24, 2.45) is 5.10 Å². The first kappa shape index (κ1) is 28.2. The summed E-state index contributed by atoms with van der Waals surface area (Å²) in [4.78, 5) is 36.4. The molecule has 0 aliphatic carbocycles. The molecule has 8 heteroatoms. The van der Waals surface area contributed by atoms with Gasteiger partial charge in [0, 0.05) is 16.5 Å². The Morgan fingerprint density at radius 1 is 0.943 bits per heavy atom. The highest BCUT2D eigenvalue weighted by molar-refractivity contribution is 9.10. The van der Waals surface area contributed by atoms with Crippen LogP contribution in [0.2, 0.25) is 0 Å². The molecule has 35 heavy (non-hydrogen) atoms. The molecule has 188 valence electrons. The quantitative estimate of drug-likeness (QED) is 0.105. The van der Waals surface area contributed by atoms with Gasteiger partial charge in [0.25, 0.3) is 5.91 Å². The highest BCUT2D eigenvalue weighted by atomic mass is 79.9. The van der Waals surface area contributed by atoms with E-state index in [1.165, 1.54) is 31.9 Å². The molecule has 0 bridgehead atoms. The average Bonchev–Trinajstić information content (AvgIpc) is 2.84. The molecule has 0 radical (unpaired) electrons. The van der Waals surface area contributed by atoms with Crippen molar-refractivity contribution >= 4 is 39.9 Å². The van der Waals surface area contributed by atoms with Gasteiger partial charge >= 0.3 is 5.97 Å². The Morgan fingerprint density at radius 2 is 1.63 bits per heavy atom. The smallest absolute Gasteiger partial charge is 0.343 e. The van der Waals surface area contributed by atoms with Crippen LogP contribution in [0.5, 0.6) is 5.75 Å². The second kappa shape index (κ2) is 15.8. The van der Waals surface area contributed by atoms with Crippen LogP contribution >= 0.6 is 15.9 Å². The molecular weight excluding hydrogens is 510 g/mol. The van der Waals surface area contributed by atoms with Gasteiger partial charge in [-0.1, -0.05) is 79.1 Å². The number of nitrogens with zero attached hydrogens (tertiary/aromatic N) is 1. The van der Waals surface area contributed by atoms with Crippen LogP contribution in [-0.4, -0.2) is 30.5 Å². The molecule has 0 aliphatic heterocycles. The van der Waals surface area contributed by atoms with E-state index in [-0.39, 0.29) is 12.5 Å². The Balaban J connectivity index is 1.78. The van der Waals surface area contributed by atoms with Gasteiger partial charge in [-0.3, -0.25) is 9.59 Å². The number of carbonyl (C=O) groups excluding carboxylic acids is 3. The third-order valence-corrected chi connectivity index (χ3v) is 5.80. The Hall–Kier alpha value is -3.00. The summed E-state index contributed by atoms with van der Waals surface area (Å²) in [5.41, 5.74) is 4.36. The molecule has 0 saturated heterocycles. The standard InChI is InChI=1S/C27H34BrN3O4/c1-3-4-5-6-7-8-9-10-25(32)29-19-26(33)31-30-18-22-17-23(28)15-16-24(22)35-27(34)21-13-11-20(2)12-14-21/h11-18H,3-10,19H2,1-2H3,(H,29,32)(H,31,33). The molecule has 2 aromatic carbocycles. The van der Waals surface area contributed by atoms with E-state index in [9.17, 15) is 14.4 Å². The fraction of sp³-hybridized carbons (Fsp3) is 0.407. The van der Waals surface area contributed by atoms with E-state index in [4.69, 9.17) is 4.74 Å². The summed E-state index contributed by atoms with van der Waals surface area (Å²) in [6.07, 6.45) is 9.74. The number of amides is 2. The molecule has 0 aromatic heterocycles. The van der Waals surface area contributed by atoms with Gasteiger partial charge in [-0.2, -0.15) is 5.10 Å². The van der Waals surface area contributed by atoms with Crippen molar-refractivity contribution in [3.63, 3.8) is 0 Å². The number of hydrazone groups is 1. The molecule has 0 unspecified atom stereocenters. The molecule has 2 N–H and O–H groups in total. The first-order valence-corrected chi connectivity index (χ1v) is 12.9. The maximum absolute atomic E-state index is 12.5. The molecule has 2 rings (SSSR count). The van der Waals surface area contributed by atoms with Crippen LogP contribution in [0.1, 0.15) is 79.8 Å². The number of hydrogen-bond acceptors (Lipinski definition) is 5. The van der Waals surface area contributed by atoms with E-state index in [1.807, 2.05) is 19.1 Å². The SMILES string of the molecule is CCCCCCCCCC(=O)NCC(=O)NN=Cc1cc(Br)ccc1OC(=O)c1ccc(C)cc1. The number of ether oxygens (including phenoxy) is 1. The lowest BCUT2D eigenvalue weighted by Crippen LogP contribution is -2.34. The van der Waals surface area contributed by atoms with E-state index >= 15 is 0 Å². The molecule has 0 saturated carbocycles.